The summed E-state index contributed by atoms with van der Waals surface area (Å²) in [7, 11) is 0. The highest BCUT2D eigenvalue weighted by Crippen LogP contribution is 2.64. The first-order chi connectivity index (χ1) is 13.9. The molecule has 3 aliphatic carbocycles. The minimum absolute atomic E-state index is 0.0459. The van der Waals surface area contributed by atoms with Crippen LogP contribution in [0.15, 0.2) is 24.3 Å². The number of fused-ring (bicyclic) bond motifs is 3. The lowest BCUT2D eigenvalue weighted by molar-refractivity contribution is -0.195. The fraction of sp³-hybridized carbons (Fsp3) is 0.708. The fourth-order valence-corrected chi connectivity index (χ4v) is 6.44. The number of hydrogen-bond donors (Lipinski definition) is 1. The van der Waals surface area contributed by atoms with Gasteiger partial charge in [-0.25, -0.2) is 4.79 Å². The molecule has 6 heteroatoms. The lowest BCUT2D eigenvalue weighted by Gasteiger charge is -2.60. The molecule has 0 aliphatic heterocycles. The molecule has 0 saturated heterocycles. The second-order valence-electron chi connectivity index (χ2n) is 10.6. The van der Waals surface area contributed by atoms with E-state index in [0.29, 0.717) is 18.3 Å². The molecule has 0 unspecified atom stereocenters. The summed E-state index contributed by atoms with van der Waals surface area (Å²) in [6.07, 6.45) is 9.91. The number of nitrogens with zero attached hydrogens (tertiary/aromatic N) is 1. The van der Waals surface area contributed by atoms with Crippen molar-refractivity contribution >= 4 is 17.8 Å². The molecule has 0 aromatic rings. The van der Waals surface area contributed by atoms with Gasteiger partial charge in [0.2, 0.25) is 0 Å². The van der Waals surface area contributed by atoms with Gasteiger partial charge in [0, 0.05) is 12.3 Å². The van der Waals surface area contributed by atoms with Crippen LogP contribution in [0.3, 0.4) is 0 Å². The lowest BCUT2D eigenvalue weighted by Crippen LogP contribution is -2.55. The average Bonchev–Trinajstić information content (AvgIpc) is 2.68. The number of rotatable bonds is 2. The first-order valence-electron chi connectivity index (χ1n) is 10.9. The monoisotopic (exact) mass is 417 g/mol. The van der Waals surface area contributed by atoms with Crippen LogP contribution in [0.25, 0.3) is 0 Å². The normalized spacial score (nSPS) is 37.1. The van der Waals surface area contributed by atoms with Crippen LogP contribution >= 0.6 is 0 Å². The van der Waals surface area contributed by atoms with Gasteiger partial charge in [-0.1, -0.05) is 45.4 Å². The van der Waals surface area contributed by atoms with Crippen molar-refractivity contribution in [2.24, 2.45) is 28.1 Å². The maximum absolute atomic E-state index is 12.3. The van der Waals surface area contributed by atoms with Gasteiger partial charge in [0.15, 0.2) is 0 Å². The Morgan fingerprint density at radius 3 is 2.47 bits per heavy atom. The molecular formula is C24H35NO5. The van der Waals surface area contributed by atoms with Crippen LogP contribution in [0.1, 0.15) is 73.1 Å². The second-order valence-corrected chi connectivity index (χ2v) is 10.6. The highest BCUT2D eigenvalue weighted by atomic mass is 16.6. The zero-order chi connectivity index (χ0) is 22.5. The van der Waals surface area contributed by atoms with E-state index in [1.54, 1.807) is 5.57 Å². The van der Waals surface area contributed by atoms with Gasteiger partial charge in [0.25, 0.3) is 5.91 Å². The zero-order valence-corrected chi connectivity index (χ0v) is 18.9. The van der Waals surface area contributed by atoms with Crippen molar-refractivity contribution in [1.82, 2.24) is 5.06 Å². The maximum Gasteiger partial charge on any atom is 0.400 e. The highest BCUT2D eigenvalue weighted by molar-refractivity contribution is 6.34. The maximum atomic E-state index is 12.3. The predicted molar refractivity (Wildman–Crippen MR) is 112 cm³/mol. The summed E-state index contributed by atoms with van der Waals surface area (Å²) in [4.78, 5) is 35.4. The molecule has 166 valence electrons. The van der Waals surface area contributed by atoms with Crippen LogP contribution in [0.4, 0.5) is 0 Å². The first-order valence-corrected chi connectivity index (χ1v) is 10.9. The minimum Gasteiger partial charge on any atom is -0.455 e. The molecule has 0 bridgehead atoms. The number of carbonyl (C=O) groups excluding carboxylic acids is 3. The van der Waals surface area contributed by atoms with Crippen LogP contribution in [-0.4, -0.2) is 34.2 Å². The van der Waals surface area contributed by atoms with E-state index in [1.807, 2.05) is 0 Å². The Bertz CT molecular complexity index is 799. The van der Waals surface area contributed by atoms with E-state index in [4.69, 9.17) is 4.74 Å². The number of esters is 1. The lowest BCUT2D eigenvalue weighted by atomic mass is 9.46. The average molecular weight is 418 g/mol. The second kappa shape index (κ2) is 7.63. The Labute approximate surface area is 179 Å². The molecule has 30 heavy (non-hydrogen) atoms. The number of amides is 2. The third-order valence-electron chi connectivity index (χ3n) is 8.23. The molecule has 3 rings (SSSR count). The van der Waals surface area contributed by atoms with Gasteiger partial charge in [0.05, 0.1) is 0 Å². The quantitative estimate of drug-likeness (QED) is 0.236. The topological polar surface area (TPSA) is 83.9 Å². The molecule has 2 saturated carbocycles. The largest absolute Gasteiger partial charge is 0.455 e. The molecule has 2 fully saturated rings. The molecule has 0 heterocycles. The fourth-order valence-electron chi connectivity index (χ4n) is 6.44. The van der Waals surface area contributed by atoms with Gasteiger partial charge < -0.3 is 4.74 Å². The number of carbonyl (C=O) groups is 3. The molecule has 0 radical (unpaired) electrons. The van der Waals surface area contributed by atoms with E-state index in [0.717, 1.165) is 39.0 Å². The minimum atomic E-state index is -1.34. The highest BCUT2D eigenvalue weighted by Gasteiger charge is 2.57. The smallest absolute Gasteiger partial charge is 0.400 e. The van der Waals surface area contributed by atoms with Crippen LogP contribution in [0.2, 0.25) is 0 Å². The number of allylic oxidation sites excluding steroid dienone is 3. The summed E-state index contributed by atoms with van der Waals surface area (Å²) >= 11 is 0. The van der Waals surface area contributed by atoms with E-state index >= 15 is 0 Å². The third-order valence-corrected chi connectivity index (χ3v) is 8.23. The zero-order valence-electron chi connectivity index (χ0n) is 18.9. The van der Waals surface area contributed by atoms with Crippen LogP contribution in [0.5, 0.6) is 0 Å². The Hall–Kier alpha value is -1.95. The Kier molecular flexibility index (Phi) is 5.78. The number of hydroxylamine groups is 2. The molecule has 3 aliphatic rings. The van der Waals surface area contributed by atoms with Gasteiger partial charge in [-0.3, -0.25) is 14.8 Å². The molecule has 0 aromatic heterocycles. The molecule has 1 N–H and O–H groups in total. The molecule has 0 aromatic carbocycles. The first kappa shape index (κ1) is 22.7. The summed E-state index contributed by atoms with van der Waals surface area (Å²) in [5.41, 5.74) is 1.42. The van der Waals surface area contributed by atoms with Crippen molar-refractivity contribution < 1.29 is 24.3 Å². The Morgan fingerprint density at radius 1 is 1.20 bits per heavy atom. The van der Waals surface area contributed by atoms with Crippen LogP contribution < -0.4 is 0 Å². The van der Waals surface area contributed by atoms with E-state index in [1.165, 1.54) is 0 Å². The Morgan fingerprint density at radius 2 is 1.87 bits per heavy atom. The van der Waals surface area contributed by atoms with E-state index in [9.17, 15) is 19.6 Å². The van der Waals surface area contributed by atoms with Gasteiger partial charge in [-0.15, -0.1) is 11.6 Å². The third kappa shape index (κ3) is 3.64. The standard InChI is InChI=1S/C24H35NO5/c1-7-23(5)12-10-17-16(14-23)8-9-18-22(3,4)19(11-13-24(17,18)6)30-21(28)20(27)25(29)15(2)26/h7,10,16,18-19,29H,1,8-9,11-14H2,2-6H3/t16-,18+,19+,23-,24-/m0/s1. The van der Waals surface area contributed by atoms with Crippen LogP contribution in [-0.2, 0) is 19.1 Å². The van der Waals surface area contributed by atoms with Gasteiger partial charge in [-0.2, -0.15) is 0 Å². The molecule has 6 nitrogen and oxygen atoms in total. The predicted octanol–water partition coefficient (Wildman–Crippen LogP) is 4.43. The summed E-state index contributed by atoms with van der Waals surface area (Å²) in [5, 5.41) is 9.28. The van der Waals surface area contributed by atoms with Crippen molar-refractivity contribution in [3.05, 3.63) is 24.3 Å². The molecule has 0 spiro atoms. The van der Waals surface area contributed by atoms with Crippen molar-refractivity contribution in [2.45, 2.75) is 79.2 Å². The van der Waals surface area contributed by atoms with Crippen molar-refractivity contribution in [3.8, 4) is 0 Å². The van der Waals surface area contributed by atoms with Crippen LogP contribution in [0, 0.1) is 28.1 Å². The molecule has 2 amide bonds. The summed E-state index contributed by atoms with van der Waals surface area (Å²) in [6.45, 7) is 13.9. The van der Waals surface area contributed by atoms with Gasteiger partial charge in [-0.05, 0) is 61.2 Å². The Balaban J connectivity index is 1.81. The summed E-state index contributed by atoms with van der Waals surface area (Å²) in [5.74, 6) is -2.55. The van der Waals surface area contributed by atoms with Crippen molar-refractivity contribution in [2.75, 3.05) is 0 Å². The van der Waals surface area contributed by atoms with E-state index in [-0.39, 0.29) is 21.3 Å². The van der Waals surface area contributed by atoms with Gasteiger partial charge >= 0.3 is 11.9 Å². The number of ether oxygens (including phenoxy) is 1. The van der Waals surface area contributed by atoms with E-state index < -0.39 is 23.9 Å². The SMILES string of the molecule is C=C[C@@]1(C)CC=C2[C@@H](CC[C@@H]3C(C)(C)[C@H](OC(=O)C(=O)N(O)C(C)=O)CC[C@@]23C)C1. The number of imide groups is 1. The number of hydrogen-bond acceptors (Lipinski definition) is 5. The van der Waals surface area contributed by atoms with Crippen molar-refractivity contribution in [3.63, 3.8) is 0 Å². The molecule has 5 atom stereocenters. The van der Waals surface area contributed by atoms with E-state index in [2.05, 4.69) is 46.4 Å². The van der Waals surface area contributed by atoms with Gasteiger partial charge in [0.1, 0.15) is 6.10 Å². The summed E-state index contributed by atoms with van der Waals surface area (Å²) < 4.78 is 5.55. The summed E-state index contributed by atoms with van der Waals surface area (Å²) in [6, 6.07) is 0. The van der Waals surface area contributed by atoms with Crippen molar-refractivity contribution in [1.29, 1.82) is 0 Å². The molecular weight excluding hydrogens is 382 g/mol.